The van der Waals surface area contributed by atoms with Crippen LogP contribution in [0.2, 0.25) is 0 Å². The maximum absolute atomic E-state index is 4.21. The highest BCUT2D eigenvalue weighted by Gasteiger charge is 2.05. The molecule has 0 aliphatic rings. The van der Waals surface area contributed by atoms with Crippen LogP contribution in [0, 0.1) is 10.5 Å². The molecule has 1 heterocycles. The van der Waals surface area contributed by atoms with Crippen molar-refractivity contribution in [3.8, 4) is 0 Å². The maximum Gasteiger partial charge on any atom is 0.0951 e. The minimum absolute atomic E-state index is 0.447. The molecule has 0 amide bonds. The fraction of sp³-hybridized carbons (Fsp3) is 0.357. The van der Waals surface area contributed by atoms with Gasteiger partial charge in [0, 0.05) is 21.5 Å². The first kappa shape index (κ1) is 13.4. The molecule has 1 N–H and O–H groups in total. The van der Waals surface area contributed by atoms with E-state index in [9.17, 15) is 0 Å². The van der Waals surface area contributed by atoms with Crippen LogP contribution in [0.4, 0.5) is 5.69 Å². The summed E-state index contributed by atoms with van der Waals surface area (Å²) >= 11 is 2.36. The van der Waals surface area contributed by atoms with E-state index in [1.165, 1.54) is 14.8 Å². The average molecular weight is 355 g/mol. The molecule has 0 unspecified atom stereocenters. The lowest BCUT2D eigenvalue weighted by atomic mass is 10.2. The van der Waals surface area contributed by atoms with Gasteiger partial charge in [-0.1, -0.05) is 6.07 Å². The molecule has 0 radical (unpaired) electrons. The summed E-state index contributed by atoms with van der Waals surface area (Å²) in [4.78, 5) is 4.21. The monoisotopic (exact) mass is 355 g/mol. The molecule has 0 atom stereocenters. The van der Waals surface area contributed by atoms with Gasteiger partial charge in [0.2, 0.25) is 0 Å². The second kappa shape index (κ2) is 5.73. The number of imidazole rings is 1. The Morgan fingerprint density at radius 2 is 2.17 bits per heavy atom. The second-order valence-electron chi connectivity index (χ2n) is 4.70. The molecular weight excluding hydrogens is 337 g/mol. The second-order valence-corrected chi connectivity index (χ2v) is 5.87. The summed E-state index contributed by atoms with van der Waals surface area (Å²) in [7, 11) is 0. The quantitative estimate of drug-likeness (QED) is 0.841. The Morgan fingerprint density at radius 1 is 1.39 bits per heavy atom. The highest BCUT2D eigenvalue weighted by molar-refractivity contribution is 14.1. The molecule has 0 spiro atoms. The molecule has 1 aromatic heterocycles. The van der Waals surface area contributed by atoms with Gasteiger partial charge in [-0.15, -0.1) is 0 Å². The van der Waals surface area contributed by atoms with Crippen LogP contribution >= 0.6 is 22.6 Å². The summed E-state index contributed by atoms with van der Waals surface area (Å²) in [6, 6.07) is 6.88. The largest absolute Gasteiger partial charge is 0.379 e. The van der Waals surface area contributed by atoms with Gasteiger partial charge >= 0.3 is 0 Å². The van der Waals surface area contributed by atoms with E-state index in [2.05, 4.69) is 76.4 Å². The van der Waals surface area contributed by atoms with Crippen molar-refractivity contribution in [2.75, 3.05) is 5.32 Å². The van der Waals surface area contributed by atoms with E-state index in [1.807, 2.05) is 12.5 Å². The predicted octanol–water partition coefficient (Wildman–Crippen LogP) is 3.99. The SMILES string of the molecule is Cc1ccc(NCc2cncn2C(C)C)cc1I. The number of anilines is 1. The molecule has 0 bridgehead atoms. The Balaban J connectivity index is 2.07. The van der Waals surface area contributed by atoms with E-state index in [1.54, 1.807) is 0 Å². The number of aromatic nitrogens is 2. The van der Waals surface area contributed by atoms with Crippen molar-refractivity contribution >= 4 is 28.3 Å². The van der Waals surface area contributed by atoms with Crippen molar-refractivity contribution in [1.29, 1.82) is 0 Å². The number of aryl methyl sites for hydroxylation is 1. The Hall–Kier alpha value is -1.04. The van der Waals surface area contributed by atoms with E-state index in [-0.39, 0.29) is 0 Å². The van der Waals surface area contributed by atoms with Gasteiger partial charge in [0.1, 0.15) is 0 Å². The first-order valence-electron chi connectivity index (χ1n) is 6.08. The van der Waals surface area contributed by atoms with Crippen molar-refractivity contribution < 1.29 is 0 Å². The number of nitrogens with zero attached hydrogens (tertiary/aromatic N) is 2. The van der Waals surface area contributed by atoms with Crippen LogP contribution in [-0.4, -0.2) is 9.55 Å². The molecule has 2 rings (SSSR count). The zero-order valence-electron chi connectivity index (χ0n) is 10.9. The summed E-state index contributed by atoms with van der Waals surface area (Å²) in [5, 5.41) is 3.44. The summed E-state index contributed by atoms with van der Waals surface area (Å²) in [6.07, 6.45) is 3.81. The standard InChI is InChI=1S/C14H18IN3/c1-10(2)18-9-16-7-13(18)8-17-12-5-4-11(3)14(15)6-12/h4-7,9-10,17H,8H2,1-3H3. The number of rotatable bonds is 4. The smallest absolute Gasteiger partial charge is 0.0951 e. The van der Waals surface area contributed by atoms with Crippen molar-refractivity contribution in [3.05, 3.63) is 45.6 Å². The molecule has 0 saturated carbocycles. The van der Waals surface area contributed by atoms with Gasteiger partial charge in [0.25, 0.3) is 0 Å². The Bertz CT molecular complexity index is 532. The van der Waals surface area contributed by atoms with Crippen molar-refractivity contribution in [1.82, 2.24) is 9.55 Å². The lowest BCUT2D eigenvalue weighted by Gasteiger charge is -2.13. The van der Waals surface area contributed by atoms with E-state index in [0.29, 0.717) is 6.04 Å². The normalized spacial score (nSPS) is 10.9. The van der Waals surface area contributed by atoms with Crippen LogP contribution < -0.4 is 5.32 Å². The van der Waals surface area contributed by atoms with Gasteiger partial charge in [0.05, 0.1) is 18.6 Å². The van der Waals surface area contributed by atoms with Crippen molar-refractivity contribution in [3.63, 3.8) is 0 Å². The van der Waals surface area contributed by atoms with E-state index >= 15 is 0 Å². The summed E-state index contributed by atoms with van der Waals surface area (Å²) in [5.74, 6) is 0. The fourth-order valence-corrected chi connectivity index (χ4v) is 2.34. The summed E-state index contributed by atoms with van der Waals surface area (Å²) < 4.78 is 3.47. The summed E-state index contributed by atoms with van der Waals surface area (Å²) in [6.45, 7) is 7.26. The molecule has 0 fully saturated rings. The summed E-state index contributed by atoms with van der Waals surface area (Å²) in [5.41, 5.74) is 3.68. The van der Waals surface area contributed by atoms with Crippen molar-refractivity contribution in [2.45, 2.75) is 33.4 Å². The molecule has 0 aliphatic carbocycles. The van der Waals surface area contributed by atoms with E-state index < -0.39 is 0 Å². The number of halogens is 1. The van der Waals surface area contributed by atoms with Crippen LogP contribution in [0.3, 0.4) is 0 Å². The molecule has 96 valence electrons. The third kappa shape index (κ3) is 3.04. The molecule has 2 aromatic rings. The average Bonchev–Trinajstić information content (AvgIpc) is 2.79. The first-order chi connectivity index (χ1) is 8.58. The van der Waals surface area contributed by atoms with Gasteiger partial charge in [-0.05, 0) is 61.1 Å². The molecule has 4 heteroatoms. The van der Waals surface area contributed by atoms with Gasteiger partial charge in [-0.3, -0.25) is 0 Å². The predicted molar refractivity (Wildman–Crippen MR) is 83.8 cm³/mol. The Morgan fingerprint density at radius 3 is 2.83 bits per heavy atom. The highest BCUT2D eigenvalue weighted by atomic mass is 127. The van der Waals surface area contributed by atoms with Crippen LogP contribution in [-0.2, 0) is 6.54 Å². The van der Waals surface area contributed by atoms with Crippen molar-refractivity contribution in [2.24, 2.45) is 0 Å². The minimum Gasteiger partial charge on any atom is -0.379 e. The number of nitrogens with one attached hydrogen (secondary N) is 1. The molecule has 0 saturated heterocycles. The van der Waals surface area contributed by atoms with Gasteiger partial charge < -0.3 is 9.88 Å². The topological polar surface area (TPSA) is 29.9 Å². The third-order valence-corrected chi connectivity index (χ3v) is 4.11. The number of hydrogen-bond acceptors (Lipinski definition) is 2. The third-order valence-electron chi connectivity index (χ3n) is 2.95. The lowest BCUT2D eigenvalue weighted by Crippen LogP contribution is -2.08. The number of hydrogen-bond donors (Lipinski definition) is 1. The maximum atomic E-state index is 4.21. The Kier molecular flexibility index (Phi) is 4.27. The zero-order chi connectivity index (χ0) is 13.1. The first-order valence-corrected chi connectivity index (χ1v) is 7.16. The van der Waals surface area contributed by atoms with Crippen LogP contribution in [0.15, 0.2) is 30.7 Å². The fourth-order valence-electron chi connectivity index (χ4n) is 1.83. The van der Waals surface area contributed by atoms with Crippen LogP contribution in [0.5, 0.6) is 0 Å². The molecule has 18 heavy (non-hydrogen) atoms. The highest BCUT2D eigenvalue weighted by Crippen LogP contribution is 2.18. The van der Waals surface area contributed by atoms with Gasteiger partial charge in [-0.2, -0.15) is 0 Å². The van der Waals surface area contributed by atoms with E-state index in [0.717, 1.165) is 12.2 Å². The molecule has 3 nitrogen and oxygen atoms in total. The van der Waals surface area contributed by atoms with Crippen LogP contribution in [0.25, 0.3) is 0 Å². The number of benzene rings is 1. The minimum atomic E-state index is 0.447. The molecule has 1 aromatic carbocycles. The van der Waals surface area contributed by atoms with Gasteiger partial charge in [0.15, 0.2) is 0 Å². The van der Waals surface area contributed by atoms with Crippen LogP contribution in [0.1, 0.15) is 31.1 Å². The van der Waals surface area contributed by atoms with E-state index in [4.69, 9.17) is 0 Å². The molecule has 0 aliphatic heterocycles. The van der Waals surface area contributed by atoms with Gasteiger partial charge in [-0.25, -0.2) is 4.98 Å². The lowest BCUT2D eigenvalue weighted by molar-refractivity contribution is 0.577. The Labute approximate surface area is 122 Å². The molecular formula is C14H18IN3. The zero-order valence-corrected chi connectivity index (χ0v) is 13.1.